The Labute approximate surface area is 150 Å². The van der Waals surface area contributed by atoms with Crippen LogP contribution in [0.1, 0.15) is 21.6 Å². The van der Waals surface area contributed by atoms with Gasteiger partial charge in [-0.25, -0.2) is 4.68 Å². The molecule has 0 saturated heterocycles. The van der Waals surface area contributed by atoms with Gasteiger partial charge in [-0.15, -0.1) is 0 Å². The molecule has 24 heavy (non-hydrogen) atoms. The van der Waals surface area contributed by atoms with Gasteiger partial charge < -0.3 is 5.32 Å². The third-order valence-corrected chi connectivity index (χ3v) is 4.27. The van der Waals surface area contributed by atoms with Crippen molar-refractivity contribution in [2.24, 2.45) is 0 Å². The van der Waals surface area contributed by atoms with Crippen LogP contribution in [0.4, 0.5) is 5.69 Å². The fourth-order valence-electron chi connectivity index (χ4n) is 2.40. The lowest BCUT2D eigenvalue weighted by Crippen LogP contribution is -2.13. The molecule has 0 unspecified atom stereocenters. The number of halogens is 2. The van der Waals surface area contributed by atoms with E-state index in [2.05, 4.69) is 10.4 Å². The van der Waals surface area contributed by atoms with Crippen LogP contribution in [0.5, 0.6) is 0 Å². The molecule has 0 saturated carbocycles. The third-order valence-electron chi connectivity index (χ3n) is 3.60. The van der Waals surface area contributed by atoms with E-state index in [1.165, 1.54) is 0 Å². The Kier molecular flexibility index (Phi) is 4.60. The molecule has 0 radical (unpaired) electrons. The zero-order chi connectivity index (χ0) is 17.3. The van der Waals surface area contributed by atoms with Crippen molar-refractivity contribution in [3.8, 4) is 5.69 Å². The number of hydrogen-bond donors (Lipinski definition) is 1. The van der Waals surface area contributed by atoms with Crippen molar-refractivity contribution in [2.75, 3.05) is 5.32 Å². The predicted octanol–water partition coefficient (Wildman–Crippen LogP) is 5.05. The van der Waals surface area contributed by atoms with Gasteiger partial charge >= 0.3 is 0 Å². The number of carbonyl (C=O) groups excluding carboxylic acids is 1. The minimum Gasteiger partial charge on any atom is -0.320 e. The summed E-state index contributed by atoms with van der Waals surface area (Å²) >= 11 is 12.6. The van der Waals surface area contributed by atoms with E-state index in [1.807, 2.05) is 43.3 Å². The zero-order valence-corrected chi connectivity index (χ0v) is 14.7. The van der Waals surface area contributed by atoms with Gasteiger partial charge in [0.15, 0.2) is 0 Å². The first-order valence-electron chi connectivity index (χ1n) is 7.35. The van der Waals surface area contributed by atoms with Gasteiger partial charge in [0, 0.05) is 0 Å². The highest BCUT2D eigenvalue weighted by Gasteiger charge is 2.21. The molecule has 3 rings (SSSR count). The Morgan fingerprint density at radius 2 is 1.79 bits per heavy atom. The molecule has 0 atom stereocenters. The zero-order valence-electron chi connectivity index (χ0n) is 13.2. The van der Waals surface area contributed by atoms with Gasteiger partial charge in [0.2, 0.25) is 0 Å². The number of carbonyl (C=O) groups is 1. The number of para-hydroxylation sites is 1. The highest BCUT2D eigenvalue weighted by Crippen LogP contribution is 2.27. The van der Waals surface area contributed by atoms with Crippen molar-refractivity contribution in [1.82, 2.24) is 9.78 Å². The summed E-state index contributed by atoms with van der Waals surface area (Å²) in [6, 6.07) is 14.8. The Hall–Kier alpha value is -2.30. The van der Waals surface area contributed by atoms with Crippen LogP contribution < -0.4 is 5.32 Å². The summed E-state index contributed by atoms with van der Waals surface area (Å²) < 4.78 is 1.54. The van der Waals surface area contributed by atoms with E-state index in [1.54, 1.807) is 23.7 Å². The lowest BCUT2D eigenvalue weighted by Gasteiger charge is -2.08. The number of nitrogens with one attached hydrogen (secondary N) is 1. The van der Waals surface area contributed by atoms with Gasteiger partial charge in [-0.2, -0.15) is 5.10 Å². The van der Waals surface area contributed by atoms with Crippen LogP contribution in [0.25, 0.3) is 5.69 Å². The van der Waals surface area contributed by atoms with Crippen molar-refractivity contribution in [2.45, 2.75) is 13.8 Å². The number of anilines is 1. The van der Waals surface area contributed by atoms with Gasteiger partial charge in [0.25, 0.3) is 5.91 Å². The van der Waals surface area contributed by atoms with Crippen LogP contribution in [0.3, 0.4) is 0 Å². The highest BCUT2D eigenvalue weighted by molar-refractivity contribution is 6.35. The fourth-order valence-corrected chi connectivity index (χ4v) is 3.04. The maximum atomic E-state index is 12.6. The predicted molar refractivity (Wildman–Crippen MR) is 97.5 cm³/mol. The summed E-state index contributed by atoms with van der Waals surface area (Å²) in [5.74, 6) is -0.342. The monoisotopic (exact) mass is 359 g/mol. The molecule has 4 nitrogen and oxygen atoms in total. The van der Waals surface area contributed by atoms with Crippen LogP contribution >= 0.6 is 23.2 Å². The van der Waals surface area contributed by atoms with E-state index in [-0.39, 0.29) is 11.1 Å². The molecule has 1 heterocycles. The van der Waals surface area contributed by atoms with E-state index in [4.69, 9.17) is 23.2 Å². The first kappa shape index (κ1) is 16.6. The third kappa shape index (κ3) is 3.16. The SMILES string of the molecule is Cc1ccc(NC(=O)c2c(C)nn(-c3ccccc3)c2Cl)c(Cl)c1. The number of nitrogens with zero attached hydrogens (tertiary/aromatic N) is 2. The van der Waals surface area contributed by atoms with Crippen molar-refractivity contribution >= 4 is 34.8 Å². The van der Waals surface area contributed by atoms with Gasteiger partial charge in [-0.3, -0.25) is 4.79 Å². The maximum Gasteiger partial charge on any atom is 0.260 e. The Bertz CT molecular complexity index is 904. The van der Waals surface area contributed by atoms with E-state index >= 15 is 0 Å². The molecular formula is C18H15Cl2N3O. The Morgan fingerprint density at radius 1 is 1.08 bits per heavy atom. The first-order valence-corrected chi connectivity index (χ1v) is 8.11. The summed E-state index contributed by atoms with van der Waals surface area (Å²) in [5, 5.41) is 7.90. The normalized spacial score (nSPS) is 10.7. The minimum absolute atomic E-state index is 0.263. The highest BCUT2D eigenvalue weighted by atomic mass is 35.5. The molecular weight excluding hydrogens is 345 g/mol. The average molecular weight is 360 g/mol. The summed E-state index contributed by atoms with van der Waals surface area (Å²) in [5.41, 5.74) is 3.22. The van der Waals surface area contributed by atoms with E-state index in [0.29, 0.717) is 22.0 Å². The number of amides is 1. The van der Waals surface area contributed by atoms with Crippen molar-refractivity contribution < 1.29 is 4.79 Å². The molecule has 2 aromatic carbocycles. The van der Waals surface area contributed by atoms with Crippen molar-refractivity contribution in [3.63, 3.8) is 0 Å². The molecule has 1 N–H and O–H groups in total. The molecule has 1 amide bonds. The largest absolute Gasteiger partial charge is 0.320 e. The molecule has 0 fully saturated rings. The van der Waals surface area contributed by atoms with E-state index in [0.717, 1.165) is 11.3 Å². The fraction of sp³-hybridized carbons (Fsp3) is 0.111. The molecule has 0 aliphatic rings. The average Bonchev–Trinajstić information content (AvgIpc) is 2.85. The number of hydrogen-bond acceptors (Lipinski definition) is 2. The topological polar surface area (TPSA) is 46.9 Å². The summed E-state index contributed by atoms with van der Waals surface area (Å²) in [7, 11) is 0. The number of aryl methyl sites for hydroxylation is 2. The molecule has 122 valence electrons. The molecule has 6 heteroatoms. The van der Waals surface area contributed by atoms with Crippen LogP contribution in [0.15, 0.2) is 48.5 Å². The molecule has 0 bridgehead atoms. The number of aromatic nitrogens is 2. The Balaban J connectivity index is 1.95. The number of rotatable bonds is 3. The maximum absolute atomic E-state index is 12.6. The molecule has 0 aliphatic heterocycles. The molecule has 1 aromatic heterocycles. The second-order valence-electron chi connectivity index (χ2n) is 5.44. The lowest BCUT2D eigenvalue weighted by molar-refractivity contribution is 0.102. The summed E-state index contributed by atoms with van der Waals surface area (Å²) in [4.78, 5) is 12.6. The second kappa shape index (κ2) is 6.67. The first-order chi connectivity index (χ1) is 11.5. The lowest BCUT2D eigenvalue weighted by atomic mass is 10.2. The summed E-state index contributed by atoms with van der Waals surface area (Å²) in [6.45, 7) is 3.68. The molecule has 0 spiro atoms. The second-order valence-corrected chi connectivity index (χ2v) is 6.20. The number of benzene rings is 2. The summed E-state index contributed by atoms with van der Waals surface area (Å²) in [6.07, 6.45) is 0. The van der Waals surface area contributed by atoms with Crippen LogP contribution in [0.2, 0.25) is 10.2 Å². The van der Waals surface area contributed by atoms with Crippen LogP contribution in [0, 0.1) is 13.8 Å². The molecule has 3 aromatic rings. The minimum atomic E-state index is -0.342. The van der Waals surface area contributed by atoms with Gasteiger partial charge in [-0.1, -0.05) is 47.5 Å². The van der Waals surface area contributed by atoms with Crippen molar-refractivity contribution in [1.29, 1.82) is 0 Å². The van der Waals surface area contributed by atoms with Crippen LogP contribution in [-0.4, -0.2) is 15.7 Å². The Morgan fingerprint density at radius 3 is 2.46 bits per heavy atom. The van der Waals surface area contributed by atoms with E-state index < -0.39 is 0 Å². The van der Waals surface area contributed by atoms with Gasteiger partial charge in [0.1, 0.15) is 10.7 Å². The van der Waals surface area contributed by atoms with Gasteiger partial charge in [-0.05, 0) is 43.7 Å². The standard InChI is InChI=1S/C18H15Cl2N3O/c1-11-8-9-15(14(19)10-11)21-18(24)16-12(2)22-23(17(16)20)13-6-4-3-5-7-13/h3-10H,1-2H3,(H,21,24). The van der Waals surface area contributed by atoms with Gasteiger partial charge in [0.05, 0.1) is 22.1 Å². The van der Waals surface area contributed by atoms with E-state index in [9.17, 15) is 4.79 Å². The molecule has 0 aliphatic carbocycles. The quantitative estimate of drug-likeness (QED) is 0.711. The van der Waals surface area contributed by atoms with Crippen LogP contribution in [-0.2, 0) is 0 Å². The van der Waals surface area contributed by atoms with Crippen molar-refractivity contribution in [3.05, 3.63) is 75.5 Å². The smallest absolute Gasteiger partial charge is 0.260 e.